The molecule has 520 valence electrons. The molecular formula is C75H92ClN5O16. The van der Waals surface area contributed by atoms with Crippen molar-refractivity contribution in [2.45, 2.75) is 154 Å². The van der Waals surface area contributed by atoms with Gasteiger partial charge in [-0.2, -0.15) is 0 Å². The number of carbonyl (C=O) groups is 8. The zero-order valence-electron chi connectivity index (χ0n) is 56.9. The number of amides is 4. The van der Waals surface area contributed by atoms with Gasteiger partial charge in [-0.25, -0.2) is 33.6 Å². The van der Waals surface area contributed by atoms with Crippen LogP contribution >= 0.6 is 11.6 Å². The van der Waals surface area contributed by atoms with E-state index < -0.39 is 83.0 Å². The summed E-state index contributed by atoms with van der Waals surface area (Å²) in [6.45, 7) is 16.9. The highest BCUT2D eigenvalue weighted by Gasteiger charge is 2.35. The first-order chi connectivity index (χ1) is 46.1. The van der Waals surface area contributed by atoms with Gasteiger partial charge in [0.2, 0.25) is 0 Å². The third-order valence-electron chi connectivity index (χ3n) is 15.6. The standard InChI is InChI=1S/C26H32N2O6.C26H32N2O5.C22H25NO5.CH3Cl/c1-26(2,3)34-24(31)27-15-9-8-14-22(23(29)30)28-25(32)33-16-21-19-12-6-4-10-17(19)18-11-5-7-13-20(18)21;1-26(2,3)33-24(30)23(29)22(14-8-9-15-27)28-25(31)32-16-21-19-12-6-4-10-17(19)18-11-5-7-13-20(18)21;1-22(2,3)28-13-19(20(24)25)23-21(26)27-12-18-16-10-6-4-8-14(16)15-9-5-7-11-17(15)18;1-2/h4-7,10-13,21-22H,8-9,14-16H2,1-3H3,(H,27,31)(H,28,32)(H,29,30);4-7,10-13,21-22H,8-9,14-16,27H2,1-3H3,(H,28,31);4-11,18-19H,12-13H2,1-3H3,(H,23,26)(H,24,25);1H3/t2*22-;19-;/m000./s1. The molecule has 22 heteroatoms. The second-order valence-electron chi connectivity index (χ2n) is 26.2. The molecule has 0 aliphatic heterocycles. The van der Waals surface area contributed by atoms with Crippen molar-refractivity contribution in [3.63, 3.8) is 0 Å². The third-order valence-corrected chi connectivity index (χ3v) is 15.6. The first-order valence-corrected chi connectivity index (χ1v) is 33.1. The molecule has 0 unspecified atom stereocenters. The Kier molecular flexibility index (Phi) is 28.6. The van der Waals surface area contributed by atoms with E-state index in [4.69, 9.17) is 34.2 Å². The monoisotopic (exact) mass is 1350 g/mol. The summed E-state index contributed by atoms with van der Waals surface area (Å²) in [6, 6.07) is 44.9. The number of esters is 1. The largest absolute Gasteiger partial charge is 0.480 e. The number of Topliss-reactive ketones (excluding diaryl/α,β-unsaturated/α-hetero) is 1. The van der Waals surface area contributed by atoms with E-state index in [9.17, 15) is 48.6 Å². The Morgan fingerprint density at radius 1 is 0.423 bits per heavy atom. The van der Waals surface area contributed by atoms with Gasteiger partial charge in [-0.05, 0) is 174 Å². The zero-order valence-corrected chi connectivity index (χ0v) is 57.6. The number of nitrogens with two attached hydrogens (primary N) is 1. The van der Waals surface area contributed by atoms with Crippen LogP contribution in [0.2, 0.25) is 0 Å². The summed E-state index contributed by atoms with van der Waals surface area (Å²) in [5.74, 6) is -4.34. The molecule has 0 radical (unpaired) electrons. The van der Waals surface area contributed by atoms with Gasteiger partial charge in [-0.3, -0.25) is 4.79 Å². The van der Waals surface area contributed by atoms with Crippen molar-refractivity contribution in [1.29, 1.82) is 0 Å². The maximum Gasteiger partial charge on any atom is 0.407 e. The van der Waals surface area contributed by atoms with Crippen LogP contribution in [0.3, 0.4) is 0 Å². The molecular weight excluding hydrogens is 1260 g/mol. The van der Waals surface area contributed by atoms with Crippen molar-refractivity contribution in [2.75, 3.05) is 45.9 Å². The molecule has 0 saturated heterocycles. The highest BCUT2D eigenvalue weighted by atomic mass is 35.5. The number of halogens is 1. The summed E-state index contributed by atoms with van der Waals surface area (Å²) in [4.78, 5) is 96.8. The molecule has 8 N–H and O–H groups in total. The third kappa shape index (κ3) is 22.9. The van der Waals surface area contributed by atoms with E-state index in [1.165, 1.54) is 6.38 Å². The fourth-order valence-corrected chi connectivity index (χ4v) is 11.3. The lowest BCUT2D eigenvalue weighted by atomic mass is 9.98. The molecule has 0 saturated carbocycles. The molecule has 9 rings (SSSR count). The Morgan fingerprint density at radius 2 is 0.732 bits per heavy atom. The number of unbranched alkanes of at least 4 members (excludes halogenated alkanes) is 2. The van der Waals surface area contributed by atoms with Gasteiger partial charge in [0.1, 0.15) is 43.1 Å². The maximum absolute atomic E-state index is 12.7. The van der Waals surface area contributed by atoms with E-state index in [2.05, 4.69) is 57.1 Å². The number of nitrogens with one attached hydrogen (secondary N) is 4. The number of hydrogen-bond acceptors (Lipinski definition) is 15. The first-order valence-electron chi connectivity index (χ1n) is 32.4. The van der Waals surface area contributed by atoms with Gasteiger partial charge < -0.3 is 65.6 Å². The second-order valence-corrected chi connectivity index (χ2v) is 26.2. The number of alkyl carbamates (subject to hydrolysis) is 4. The summed E-state index contributed by atoms with van der Waals surface area (Å²) >= 11 is 4.64. The van der Waals surface area contributed by atoms with E-state index in [-0.39, 0.29) is 57.0 Å². The second kappa shape index (κ2) is 36.2. The molecule has 21 nitrogen and oxygen atoms in total. The number of ether oxygens (including phenoxy) is 6. The molecule has 97 heavy (non-hydrogen) atoms. The van der Waals surface area contributed by atoms with Gasteiger partial charge in [0.15, 0.2) is 6.04 Å². The Bertz CT molecular complexity index is 3530. The van der Waals surface area contributed by atoms with Gasteiger partial charge in [-0.1, -0.05) is 146 Å². The minimum absolute atomic E-state index is 0.0766. The number of carboxylic acids is 2. The lowest BCUT2D eigenvalue weighted by Gasteiger charge is -2.23. The molecule has 0 fully saturated rings. The Labute approximate surface area is 572 Å². The normalized spacial score (nSPS) is 13.4. The lowest BCUT2D eigenvalue weighted by Crippen LogP contribution is -2.46. The summed E-state index contributed by atoms with van der Waals surface area (Å²) < 4.78 is 32.2. The number of carbonyl (C=O) groups excluding carboxylic acids is 6. The van der Waals surface area contributed by atoms with E-state index in [0.717, 1.165) is 66.8 Å². The van der Waals surface area contributed by atoms with E-state index in [1.54, 1.807) is 41.5 Å². The van der Waals surface area contributed by atoms with E-state index in [1.807, 2.05) is 142 Å². The minimum atomic E-state index is -1.17. The molecule has 0 aromatic heterocycles. The van der Waals surface area contributed by atoms with E-state index in [0.29, 0.717) is 38.8 Å². The van der Waals surface area contributed by atoms with Gasteiger partial charge in [0.25, 0.3) is 5.78 Å². The smallest absolute Gasteiger partial charge is 0.407 e. The number of fused-ring (bicyclic) bond motifs is 9. The molecule has 6 aromatic carbocycles. The average molecular weight is 1360 g/mol. The van der Waals surface area contributed by atoms with Crippen molar-refractivity contribution < 1.29 is 77.0 Å². The minimum Gasteiger partial charge on any atom is -0.480 e. The number of rotatable bonds is 24. The molecule has 0 spiro atoms. The van der Waals surface area contributed by atoms with Crippen LogP contribution in [0.15, 0.2) is 146 Å². The van der Waals surface area contributed by atoms with E-state index >= 15 is 0 Å². The summed E-state index contributed by atoms with van der Waals surface area (Å²) in [6.07, 6.45) is 1.48. The number of benzene rings is 6. The Hall–Kier alpha value is -9.31. The van der Waals surface area contributed by atoms with Crippen LogP contribution in [0, 0.1) is 0 Å². The van der Waals surface area contributed by atoms with Gasteiger partial charge in [-0.15, -0.1) is 11.6 Å². The summed E-state index contributed by atoms with van der Waals surface area (Å²) in [5.41, 5.74) is 17.0. The van der Waals surface area contributed by atoms with Crippen molar-refractivity contribution in [3.05, 3.63) is 179 Å². The van der Waals surface area contributed by atoms with Gasteiger partial charge in [0, 0.05) is 30.7 Å². The van der Waals surface area contributed by atoms with Crippen molar-refractivity contribution in [1.82, 2.24) is 21.3 Å². The number of aliphatic carboxylic acids is 2. The Morgan fingerprint density at radius 3 is 1.05 bits per heavy atom. The fraction of sp³-hybridized carbons (Fsp3) is 0.413. The maximum atomic E-state index is 12.7. The van der Waals surface area contributed by atoms with Crippen LogP contribution in [0.1, 0.15) is 152 Å². The van der Waals surface area contributed by atoms with Crippen LogP contribution in [-0.4, -0.2) is 139 Å². The van der Waals surface area contributed by atoms with Crippen molar-refractivity contribution in [2.24, 2.45) is 5.73 Å². The van der Waals surface area contributed by atoms with Crippen molar-refractivity contribution >= 4 is 59.7 Å². The fourth-order valence-electron chi connectivity index (χ4n) is 11.3. The zero-order chi connectivity index (χ0) is 71.0. The van der Waals surface area contributed by atoms with Crippen LogP contribution in [0.5, 0.6) is 0 Å². The number of alkyl halides is 1. The highest BCUT2D eigenvalue weighted by Crippen LogP contribution is 2.47. The highest BCUT2D eigenvalue weighted by molar-refractivity contribution is 6.36. The van der Waals surface area contributed by atoms with Crippen molar-refractivity contribution in [3.8, 4) is 33.4 Å². The van der Waals surface area contributed by atoms with Crippen LogP contribution < -0.4 is 27.0 Å². The molecule has 6 aromatic rings. The molecule has 3 aliphatic rings. The average Bonchev–Trinajstić information content (AvgIpc) is 1.64. The molecule has 0 heterocycles. The predicted octanol–water partition coefficient (Wildman–Crippen LogP) is 13.3. The van der Waals surface area contributed by atoms with Crippen LogP contribution in [-0.2, 0) is 47.6 Å². The SMILES string of the molecule is CC(C)(C)OC(=O)C(=O)[C@H](CCCCN)NC(=O)OCC1c2ccccc2-c2ccccc21.CC(C)(C)OC(=O)NCCCC[C@H](NC(=O)OCC1c2ccccc2-c2ccccc21)C(=O)O.CC(C)(C)OC[C@H](NC(=O)OCC1c2ccccc2-c2ccccc21)C(=O)O.CCl. The molecule has 3 atom stereocenters. The predicted molar refractivity (Wildman–Crippen MR) is 371 cm³/mol. The summed E-state index contributed by atoms with van der Waals surface area (Å²) in [5, 5.41) is 28.8. The molecule has 0 bridgehead atoms. The van der Waals surface area contributed by atoms with Crippen LogP contribution in [0.25, 0.3) is 33.4 Å². The van der Waals surface area contributed by atoms with Gasteiger partial charge >= 0.3 is 42.3 Å². The quantitative estimate of drug-likeness (QED) is 0.00974. The topological polar surface area (TPSA) is 307 Å². The number of carboxylic acid groups (broad SMARTS) is 2. The lowest BCUT2D eigenvalue weighted by molar-refractivity contribution is -0.163. The van der Waals surface area contributed by atoms with Crippen LogP contribution in [0.4, 0.5) is 19.2 Å². The number of hydrogen-bond donors (Lipinski definition) is 7. The van der Waals surface area contributed by atoms with Gasteiger partial charge in [0.05, 0.1) is 12.2 Å². The number of ketones is 1. The molecule has 4 amide bonds. The molecule has 3 aliphatic carbocycles. The Balaban J connectivity index is 0.000000228. The summed E-state index contributed by atoms with van der Waals surface area (Å²) in [7, 11) is 0. The first kappa shape index (κ1) is 76.7.